The first-order chi connectivity index (χ1) is 17.8. The molecule has 2 amide bonds. The lowest BCUT2D eigenvalue weighted by atomic mass is 9.77. The van der Waals surface area contributed by atoms with E-state index in [4.69, 9.17) is 14.6 Å². The van der Waals surface area contributed by atoms with Crippen molar-refractivity contribution < 1.29 is 55.8 Å². The third-order valence-corrected chi connectivity index (χ3v) is 6.61. The summed E-state index contributed by atoms with van der Waals surface area (Å²) < 4.78 is 82.5. The summed E-state index contributed by atoms with van der Waals surface area (Å²) in [5.41, 5.74) is -3.29. The molecule has 2 aromatic rings. The van der Waals surface area contributed by atoms with Crippen molar-refractivity contribution in [1.82, 2.24) is 5.32 Å². The van der Waals surface area contributed by atoms with Gasteiger partial charge in [0.1, 0.15) is 12.7 Å². The van der Waals surface area contributed by atoms with E-state index in [1.807, 2.05) is 0 Å². The molecule has 0 saturated carbocycles. The highest BCUT2D eigenvalue weighted by Crippen LogP contribution is 2.55. The number of hydrogen-bond acceptors (Lipinski definition) is 6. The Morgan fingerprint density at radius 3 is 2.53 bits per heavy atom. The molecule has 38 heavy (non-hydrogen) atoms. The number of aromatic nitrogens is 1. The van der Waals surface area contributed by atoms with Gasteiger partial charge in [-0.2, -0.15) is 17.6 Å². The Hall–Kier alpha value is -3.36. The third kappa shape index (κ3) is 5.28. The van der Waals surface area contributed by atoms with E-state index in [1.54, 1.807) is 0 Å². The Balaban J connectivity index is 2.09. The van der Waals surface area contributed by atoms with E-state index < -0.39 is 78.9 Å². The average molecular weight is 547 g/mol. The van der Waals surface area contributed by atoms with Gasteiger partial charge in [0.2, 0.25) is 5.82 Å². The second kappa shape index (κ2) is 11.2. The molecule has 2 heterocycles. The summed E-state index contributed by atoms with van der Waals surface area (Å²) in [6, 6.07) is 4.10. The number of nitrogens with one attached hydrogen (secondary N) is 2. The zero-order valence-electron chi connectivity index (χ0n) is 20.6. The van der Waals surface area contributed by atoms with Crippen molar-refractivity contribution in [2.24, 2.45) is 5.92 Å². The first-order valence-electron chi connectivity index (χ1n) is 11.4. The van der Waals surface area contributed by atoms with Crippen LogP contribution in [0.25, 0.3) is 0 Å². The van der Waals surface area contributed by atoms with Gasteiger partial charge in [0.05, 0.1) is 19.0 Å². The van der Waals surface area contributed by atoms with Gasteiger partial charge in [0.15, 0.2) is 23.4 Å². The first kappa shape index (κ1) is 29.2. The number of nitrogens with zero attached hydrogens (tertiary/aromatic N) is 1. The van der Waals surface area contributed by atoms with Crippen LogP contribution in [0.1, 0.15) is 35.8 Å². The molecule has 0 aliphatic carbocycles. The minimum atomic E-state index is -4.96. The summed E-state index contributed by atoms with van der Waals surface area (Å²) in [4.78, 5) is 25.4. The van der Waals surface area contributed by atoms with Crippen LogP contribution in [0.3, 0.4) is 0 Å². The molecule has 1 saturated heterocycles. The van der Waals surface area contributed by atoms with Gasteiger partial charge >= 0.3 is 12.1 Å². The molecule has 1 aromatic carbocycles. The number of ether oxygens (including phenoxy) is 2. The Kier molecular flexibility index (Phi) is 8.58. The van der Waals surface area contributed by atoms with Gasteiger partial charge in [-0.3, -0.25) is 9.59 Å². The van der Waals surface area contributed by atoms with Gasteiger partial charge in [-0.1, -0.05) is 13.0 Å². The highest BCUT2D eigenvalue weighted by molar-refractivity contribution is 5.97. The van der Waals surface area contributed by atoms with Crippen LogP contribution >= 0.6 is 0 Å². The minimum absolute atomic E-state index is 0.0315. The van der Waals surface area contributed by atoms with Crippen LogP contribution < -0.4 is 25.0 Å². The predicted molar refractivity (Wildman–Crippen MR) is 119 cm³/mol. The maximum Gasteiger partial charge on any atom is 0.417 e. The highest BCUT2D eigenvalue weighted by Gasteiger charge is 2.66. The Bertz CT molecular complexity index is 1210. The number of alkyl halides is 3. The molecule has 3 rings (SSSR count). The Morgan fingerprint density at radius 2 is 1.95 bits per heavy atom. The Morgan fingerprint density at radius 1 is 1.26 bits per heavy atom. The number of aliphatic hydroxyl groups is 1. The van der Waals surface area contributed by atoms with Crippen molar-refractivity contribution in [3.8, 4) is 5.75 Å². The van der Waals surface area contributed by atoms with Crippen molar-refractivity contribution in [2.75, 3.05) is 25.6 Å². The quantitative estimate of drug-likeness (QED) is 0.339. The number of aliphatic hydroxyl groups excluding tert-OH is 1. The SMILES string of the molecule is CNC(=O)c1cc(NC(=O)[C@@H]2O[C@@](C)(C(F)(F)F)[C@@H](C)[C@H]2c2ccc(F)c(F)c2OCCO)cc[n+]1C[O-]. The van der Waals surface area contributed by atoms with E-state index in [2.05, 4.69) is 10.6 Å². The van der Waals surface area contributed by atoms with Crippen molar-refractivity contribution >= 4 is 17.5 Å². The second-order valence-electron chi connectivity index (χ2n) is 8.78. The minimum Gasteiger partial charge on any atom is -0.801 e. The summed E-state index contributed by atoms with van der Waals surface area (Å²) in [7, 11) is 1.32. The summed E-state index contributed by atoms with van der Waals surface area (Å²) in [5, 5.41) is 25.1. The zero-order valence-corrected chi connectivity index (χ0v) is 20.6. The van der Waals surface area contributed by atoms with Crippen LogP contribution in [0, 0.1) is 17.6 Å². The fourth-order valence-corrected chi connectivity index (χ4v) is 4.38. The topological polar surface area (TPSA) is 124 Å². The van der Waals surface area contributed by atoms with Crippen molar-refractivity contribution in [3.63, 3.8) is 0 Å². The van der Waals surface area contributed by atoms with E-state index in [9.17, 15) is 36.6 Å². The molecule has 1 aliphatic rings. The molecule has 1 aromatic heterocycles. The van der Waals surface area contributed by atoms with E-state index >= 15 is 0 Å². The van der Waals surface area contributed by atoms with Gasteiger partial charge in [0, 0.05) is 36.6 Å². The molecule has 208 valence electrons. The van der Waals surface area contributed by atoms with Crippen molar-refractivity contribution in [2.45, 2.75) is 44.4 Å². The molecule has 3 N–H and O–H groups in total. The largest absolute Gasteiger partial charge is 0.801 e. The highest BCUT2D eigenvalue weighted by atomic mass is 19.4. The molecule has 0 unspecified atom stereocenters. The predicted octanol–water partition coefficient (Wildman–Crippen LogP) is 1.38. The van der Waals surface area contributed by atoms with Gasteiger partial charge in [0.25, 0.3) is 11.6 Å². The number of hydrogen-bond donors (Lipinski definition) is 3. The number of benzene rings is 1. The van der Waals surface area contributed by atoms with Gasteiger partial charge in [-0.05, 0) is 13.0 Å². The summed E-state index contributed by atoms with van der Waals surface area (Å²) in [6.45, 7) is -0.00357. The van der Waals surface area contributed by atoms with Crippen molar-refractivity contribution in [3.05, 3.63) is 53.4 Å². The van der Waals surface area contributed by atoms with Crippen LogP contribution in [-0.2, 0) is 16.3 Å². The lowest BCUT2D eigenvalue weighted by Gasteiger charge is -2.32. The third-order valence-electron chi connectivity index (χ3n) is 6.61. The molecule has 1 aliphatic heterocycles. The van der Waals surface area contributed by atoms with Crippen molar-refractivity contribution in [1.29, 1.82) is 0 Å². The molecular weight excluding hydrogens is 521 g/mol. The molecule has 0 radical (unpaired) electrons. The van der Waals surface area contributed by atoms with E-state index in [0.29, 0.717) is 6.07 Å². The number of carbonyl (C=O) groups is 2. The fraction of sp³-hybridized carbons (Fsp3) is 0.458. The molecule has 1 fully saturated rings. The van der Waals surface area contributed by atoms with Crippen LogP contribution in [0.5, 0.6) is 5.75 Å². The first-order valence-corrected chi connectivity index (χ1v) is 11.4. The average Bonchev–Trinajstić information content (AvgIpc) is 3.16. The van der Waals surface area contributed by atoms with E-state index in [1.165, 1.54) is 19.3 Å². The summed E-state index contributed by atoms with van der Waals surface area (Å²) in [6.07, 6.45) is -5.62. The summed E-state index contributed by atoms with van der Waals surface area (Å²) in [5.74, 6) is -8.28. The van der Waals surface area contributed by atoms with E-state index in [-0.39, 0.29) is 16.9 Å². The smallest absolute Gasteiger partial charge is 0.417 e. The maximum atomic E-state index is 14.7. The molecule has 9 nitrogen and oxygen atoms in total. The van der Waals surface area contributed by atoms with Crippen LogP contribution in [0.4, 0.5) is 27.6 Å². The number of halogens is 5. The molecule has 0 spiro atoms. The summed E-state index contributed by atoms with van der Waals surface area (Å²) >= 11 is 0. The number of amides is 2. The van der Waals surface area contributed by atoms with Gasteiger partial charge in [-0.25, -0.2) is 8.96 Å². The Labute approximate surface area is 214 Å². The fourth-order valence-electron chi connectivity index (χ4n) is 4.38. The molecule has 4 atom stereocenters. The lowest BCUT2D eigenvalue weighted by molar-refractivity contribution is -0.816. The van der Waals surface area contributed by atoms with Crippen LogP contribution in [0.2, 0.25) is 0 Å². The number of anilines is 1. The standard InChI is InChI=1S/C24H25F5N3O6/c1-12-17(14-4-5-15(25)18(26)19(14)37-9-8-33)20(38-23(12,2)24(27,28)29)22(36)31-13-6-7-32(11-34)16(10-13)21(35)30-3/h4-7,10,12,17,20,33H,8-9,11H2,1-3H3,(H,30,35)/q-1/p+1/t12-,17-,20+,23+/m0/s1. The molecule has 14 heteroatoms. The monoisotopic (exact) mass is 547 g/mol. The molecule has 0 bridgehead atoms. The normalized spacial score (nSPS) is 23.3. The molecular formula is C24H26F5N3O6. The van der Waals surface area contributed by atoms with Gasteiger partial charge < -0.3 is 30.3 Å². The number of pyridine rings is 1. The van der Waals surface area contributed by atoms with Gasteiger partial charge in [-0.15, -0.1) is 0 Å². The van der Waals surface area contributed by atoms with Crippen LogP contribution in [-0.4, -0.2) is 55.1 Å². The number of carbonyl (C=O) groups excluding carboxylic acids is 2. The van der Waals surface area contributed by atoms with E-state index in [0.717, 1.165) is 30.5 Å². The lowest BCUT2D eigenvalue weighted by Crippen LogP contribution is -2.47. The maximum absolute atomic E-state index is 14.7. The second-order valence-corrected chi connectivity index (χ2v) is 8.78. The van der Waals surface area contributed by atoms with Crippen LogP contribution in [0.15, 0.2) is 30.5 Å². The number of rotatable bonds is 8. The zero-order chi connectivity index (χ0) is 28.4.